The second-order valence-electron chi connectivity index (χ2n) is 5.59. The number of hydrogen-bond donors (Lipinski definition) is 1. The van der Waals surface area contributed by atoms with Gasteiger partial charge in [0.05, 0.1) is 0 Å². The summed E-state index contributed by atoms with van der Waals surface area (Å²) in [5, 5.41) is 4.52. The molecule has 0 saturated heterocycles. The zero-order chi connectivity index (χ0) is 15.2. The quantitative estimate of drug-likeness (QED) is 0.769. The Labute approximate surface area is 133 Å². The molecule has 112 valence electrons. The van der Waals surface area contributed by atoms with E-state index in [9.17, 15) is 0 Å². The zero-order valence-corrected chi connectivity index (χ0v) is 13.9. The van der Waals surface area contributed by atoms with Crippen LogP contribution in [0.4, 0.5) is 0 Å². The molecule has 0 aromatic heterocycles. The first-order valence-corrected chi connectivity index (χ1v) is 8.04. The molecule has 1 nitrogen and oxygen atoms in total. The lowest BCUT2D eigenvalue weighted by atomic mass is 9.93. The summed E-state index contributed by atoms with van der Waals surface area (Å²) in [7, 11) is 0. The number of hydrogen-bond acceptors (Lipinski definition) is 1. The Balaban J connectivity index is 2.30. The third-order valence-electron chi connectivity index (χ3n) is 4.04. The van der Waals surface area contributed by atoms with E-state index in [1.165, 1.54) is 22.3 Å². The van der Waals surface area contributed by atoms with Crippen LogP contribution >= 0.6 is 11.6 Å². The molecule has 0 amide bonds. The second kappa shape index (κ2) is 7.63. The maximum Gasteiger partial charge on any atom is 0.0438 e. The van der Waals surface area contributed by atoms with Gasteiger partial charge in [-0.3, -0.25) is 0 Å². The van der Waals surface area contributed by atoms with E-state index in [1.54, 1.807) is 0 Å². The van der Waals surface area contributed by atoms with E-state index >= 15 is 0 Å². The van der Waals surface area contributed by atoms with Crippen LogP contribution in [0.3, 0.4) is 0 Å². The number of aryl methyl sites for hydroxylation is 1. The lowest BCUT2D eigenvalue weighted by Crippen LogP contribution is -2.25. The second-order valence-corrected chi connectivity index (χ2v) is 6.00. The third-order valence-corrected chi connectivity index (χ3v) is 4.41. The van der Waals surface area contributed by atoms with Crippen LogP contribution in [-0.4, -0.2) is 6.54 Å². The van der Waals surface area contributed by atoms with Crippen molar-refractivity contribution in [3.05, 3.63) is 69.7 Å². The minimum atomic E-state index is 0.310. The van der Waals surface area contributed by atoms with Crippen molar-refractivity contribution < 1.29 is 0 Å². The van der Waals surface area contributed by atoms with Crippen LogP contribution in [0, 0.1) is 13.8 Å². The first-order valence-electron chi connectivity index (χ1n) is 7.66. The van der Waals surface area contributed by atoms with Crippen LogP contribution in [0.5, 0.6) is 0 Å². The van der Waals surface area contributed by atoms with Crippen molar-refractivity contribution in [1.82, 2.24) is 5.32 Å². The van der Waals surface area contributed by atoms with Gasteiger partial charge in [0.25, 0.3) is 0 Å². The number of rotatable bonds is 6. The van der Waals surface area contributed by atoms with Gasteiger partial charge in [-0.15, -0.1) is 0 Å². The Morgan fingerprint density at radius 1 is 1.05 bits per heavy atom. The Bertz CT molecular complexity index is 592. The zero-order valence-electron chi connectivity index (χ0n) is 13.1. The minimum absolute atomic E-state index is 0.310. The molecule has 0 aliphatic heterocycles. The fourth-order valence-electron chi connectivity index (χ4n) is 2.65. The number of halogens is 1. The lowest BCUT2D eigenvalue weighted by Gasteiger charge is -2.22. The van der Waals surface area contributed by atoms with Crippen LogP contribution in [-0.2, 0) is 6.42 Å². The first-order chi connectivity index (χ1) is 10.1. The summed E-state index contributed by atoms with van der Waals surface area (Å²) in [6, 6.07) is 15.0. The van der Waals surface area contributed by atoms with Gasteiger partial charge in [0.15, 0.2) is 0 Å². The summed E-state index contributed by atoms with van der Waals surface area (Å²) in [5.74, 6) is 0. The molecule has 2 rings (SSSR count). The predicted molar refractivity (Wildman–Crippen MR) is 92.1 cm³/mol. The molecule has 2 aromatic rings. The van der Waals surface area contributed by atoms with Crippen molar-refractivity contribution in [1.29, 1.82) is 0 Å². The summed E-state index contributed by atoms with van der Waals surface area (Å²) < 4.78 is 0. The van der Waals surface area contributed by atoms with Crippen LogP contribution in [0.25, 0.3) is 0 Å². The molecule has 1 atom stereocenters. The van der Waals surface area contributed by atoms with Gasteiger partial charge in [0, 0.05) is 11.1 Å². The molecule has 0 bridgehead atoms. The van der Waals surface area contributed by atoms with E-state index in [4.69, 9.17) is 11.6 Å². The maximum absolute atomic E-state index is 6.33. The lowest BCUT2D eigenvalue weighted by molar-refractivity contribution is 0.527. The Morgan fingerprint density at radius 2 is 1.81 bits per heavy atom. The standard InChI is InChI=1S/C19H24ClN/c1-4-12-21-19(13-16-9-5-6-11-18(16)20)17-10-7-8-14(2)15(17)3/h5-11,19,21H,4,12-13H2,1-3H3. The highest BCUT2D eigenvalue weighted by Gasteiger charge is 2.15. The van der Waals surface area contributed by atoms with Crippen LogP contribution in [0.1, 0.15) is 41.6 Å². The molecule has 0 radical (unpaired) electrons. The van der Waals surface area contributed by atoms with E-state index in [1.807, 2.05) is 12.1 Å². The molecular weight excluding hydrogens is 278 g/mol. The molecule has 0 saturated carbocycles. The van der Waals surface area contributed by atoms with Crippen molar-refractivity contribution in [3.8, 4) is 0 Å². The van der Waals surface area contributed by atoms with Gasteiger partial charge in [-0.05, 0) is 61.6 Å². The van der Waals surface area contributed by atoms with Gasteiger partial charge in [-0.2, -0.15) is 0 Å². The SMILES string of the molecule is CCCNC(Cc1ccccc1Cl)c1cccc(C)c1C. The summed E-state index contributed by atoms with van der Waals surface area (Å²) in [6.45, 7) is 7.59. The average Bonchev–Trinajstić information content (AvgIpc) is 2.48. The highest BCUT2D eigenvalue weighted by molar-refractivity contribution is 6.31. The van der Waals surface area contributed by atoms with Crippen molar-refractivity contribution >= 4 is 11.6 Å². The predicted octanol–water partition coefficient (Wildman–Crippen LogP) is 5.24. The largest absolute Gasteiger partial charge is 0.310 e. The van der Waals surface area contributed by atoms with Gasteiger partial charge in [0.1, 0.15) is 0 Å². The van der Waals surface area contributed by atoms with E-state index < -0.39 is 0 Å². The van der Waals surface area contributed by atoms with Crippen LogP contribution < -0.4 is 5.32 Å². The van der Waals surface area contributed by atoms with Gasteiger partial charge in [-0.1, -0.05) is 54.9 Å². The summed E-state index contributed by atoms with van der Waals surface area (Å²) in [5.41, 5.74) is 5.30. The number of nitrogens with one attached hydrogen (secondary N) is 1. The van der Waals surface area contributed by atoms with E-state index in [2.05, 4.69) is 56.4 Å². The van der Waals surface area contributed by atoms with E-state index in [0.29, 0.717) is 6.04 Å². The molecule has 0 fully saturated rings. The van der Waals surface area contributed by atoms with Gasteiger partial charge in [-0.25, -0.2) is 0 Å². The fourth-order valence-corrected chi connectivity index (χ4v) is 2.86. The third kappa shape index (κ3) is 4.09. The molecule has 0 heterocycles. The molecule has 1 N–H and O–H groups in total. The Hall–Kier alpha value is -1.31. The molecule has 0 aliphatic rings. The topological polar surface area (TPSA) is 12.0 Å². The van der Waals surface area contributed by atoms with Gasteiger partial charge in [0.2, 0.25) is 0 Å². The highest BCUT2D eigenvalue weighted by Crippen LogP contribution is 2.26. The van der Waals surface area contributed by atoms with Crippen molar-refractivity contribution in [3.63, 3.8) is 0 Å². The number of benzene rings is 2. The minimum Gasteiger partial charge on any atom is -0.310 e. The highest BCUT2D eigenvalue weighted by atomic mass is 35.5. The molecule has 21 heavy (non-hydrogen) atoms. The maximum atomic E-state index is 6.33. The summed E-state index contributed by atoms with van der Waals surface area (Å²) >= 11 is 6.33. The first kappa shape index (κ1) is 16.1. The molecule has 2 aromatic carbocycles. The molecule has 0 spiro atoms. The van der Waals surface area contributed by atoms with E-state index in [0.717, 1.165) is 24.4 Å². The molecule has 0 aliphatic carbocycles. The summed E-state index contributed by atoms with van der Waals surface area (Å²) in [4.78, 5) is 0. The smallest absolute Gasteiger partial charge is 0.0438 e. The molecular formula is C19H24ClN. The van der Waals surface area contributed by atoms with Crippen LogP contribution in [0.15, 0.2) is 42.5 Å². The normalized spacial score (nSPS) is 12.4. The van der Waals surface area contributed by atoms with Crippen molar-refractivity contribution in [2.24, 2.45) is 0 Å². The van der Waals surface area contributed by atoms with E-state index in [-0.39, 0.29) is 0 Å². The van der Waals surface area contributed by atoms with Gasteiger partial charge >= 0.3 is 0 Å². The fraction of sp³-hybridized carbons (Fsp3) is 0.368. The summed E-state index contributed by atoms with van der Waals surface area (Å²) in [6.07, 6.45) is 2.05. The Kier molecular flexibility index (Phi) is 5.84. The van der Waals surface area contributed by atoms with Crippen molar-refractivity contribution in [2.45, 2.75) is 39.7 Å². The average molecular weight is 302 g/mol. The van der Waals surface area contributed by atoms with Crippen LogP contribution in [0.2, 0.25) is 5.02 Å². The Morgan fingerprint density at radius 3 is 2.52 bits per heavy atom. The molecule has 1 unspecified atom stereocenters. The van der Waals surface area contributed by atoms with Crippen molar-refractivity contribution in [2.75, 3.05) is 6.54 Å². The monoisotopic (exact) mass is 301 g/mol. The molecule has 2 heteroatoms. The van der Waals surface area contributed by atoms with Gasteiger partial charge < -0.3 is 5.32 Å².